The van der Waals surface area contributed by atoms with E-state index < -0.39 is 13.1 Å². The second kappa shape index (κ2) is 6.32. The molecule has 0 aliphatic rings. The Balaban J connectivity index is 0. The van der Waals surface area contributed by atoms with Crippen molar-refractivity contribution < 1.29 is 0 Å². The summed E-state index contributed by atoms with van der Waals surface area (Å²) in [6.07, 6.45) is 0. The Morgan fingerprint density at radius 1 is 0.700 bits per heavy atom. The van der Waals surface area contributed by atoms with Gasteiger partial charge < -0.3 is 0 Å². The van der Waals surface area contributed by atoms with E-state index in [4.69, 9.17) is 0 Å². The molecule has 0 aliphatic carbocycles. The van der Waals surface area contributed by atoms with Crippen molar-refractivity contribution in [3.63, 3.8) is 0 Å². The third kappa shape index (κ3) is 3.13. The molecule has 0 rings (SSSR count). The highest BCUT2D eigenvalue weighted by Crippen LogP contribution is 2.23. The van der Waals surface area contributed by atoms with Crippen LogP contribution in [0.4, 0.5) is 0 Å². The van der Waals surface area contributed by atoms with Crippen LogP contribution in [0.5, 0.6) is 0 Å². The van der Waals surface area contributed by atoms with Crippen molar-refractivity contribution in [2.75, 3.05) is 0 Å². The fourth-order valence-electron chi connectivity index (χ4n) is 1.73. The smallest absolute Gasteiger partial charge is 0.133 e. The summed E-state index contributed by atoms with van der Waals surface area (Å²) in [6, 6.07) is 0. The molecule has 0 radical (unpaired) electrons. The highest BCUT2D eigenvalue weighted by Gasteiger charge is 2.19. The van der Waals surface area contributed by atoms with Gasteiger partial charge in [-0.3, -0.25) is 0 Å². The summed E-state index contributed by atoms with van der Waals surface area (Å²) in [5, 5.41) is 6.04. The van der Waals surface area contributed by atoms with Crippen LogP contribution in [0.1, 0.15) is 27.7 Å². The molecule has 0 heterocycles. The molecule has 2 heteroatoms. The largest absolute Gasteiger partial charge is 0.194 e. The maximum absolute atomic E-state index is 2.38. The molecule has 0 atom stereocenters. The normalized spacial score (nSPS) is 10.8. The molecular formula is C8H23AlB-. The van der Waals surface area contributed by atoms with Gasteiger partial charge in [-0.05, 0) is 0 Å². The lowest BCUT2D eigenvalue weighted by atomic mass is 10.8. The molecule has 0 nitrogen and oxygen atoms in total. The topological polar surface area (TPSA) is 0 Å². The van der Waals surface area contributed by atoms with Crippen LogP contribution in [-0.4, -0.2) is 21.5 Å². The first-order valence-corrected chi connectivity index (χ1v) is 7.73. The Kier molecular flexibility index (Phi) is 8.34. The van der Waals surface area contributed by atoms with Crippen LogP contribution in [0.25, 0.3) is 0 Å². The van der Waals surface area contributed by atoms with Crippen LogP contribution in [0.3, 0.4) is 0 Å². The van der Waals surface area contributed by atoms with Crippen molar-refractivity contribution in [1.29, 1.82) is 0 Å². The van der Waals surface area contributed by atoms with Gasteiger partial charge >= 0.3 is 0 Å². The van der Waals surface area contributed by atoms with E-state index in [0.717, 1.165) is 0 Å². The number of rotatable bonds is 4. The molecule has 0 aromatic heterocycles. The van der Waals surface area contributed by atoms with Gasteiger partial charge in [0, 0.05) is 0 Å². The zero-order chi connectivity index (χ0) is 7.33. The third-order valence-corrected chi connectivity index (χ3v) is 10.4. The predicted octanol–water partition coefficient (Wildman–Crippen LogP) is 2.33. The maximum Gasteiger partial charge on any atom is 0.133 e. The SMILES string of the molecule is B.C[CH2][Al-]([CH2]C)([CH2]C)[CH2]C. The Morgan fingerprint density at radius 2 is 0.900 bits per heavy atom. The van der Waals surface area contributed by atoms with Gasteiger partial charge in [-0.25, -0.2) is 0 Å². The average molecular weight is 157 g/mol. The Labute approximate surface area is 70.7 Å². The van der Waals surface area contributed by atoms with Gasteiger partial charge in [-0.1, -0.05) is 0 Å². The van der Waals surface area contributed by atoms with Gasteiger partial charge in [0.05, 0.1) is 8.41 Å². The molecule has 0 saturated heterocycles. The van der Waals surface area contributed by atoms with Crippen LogP contribution in [-0.2, 0) is 0 Å². The van der Waals surface area contributed by atoms with Gasteiger partial charge in [-0.2, -0.15) is 21.1 Å². The lowest BCUT2D eigenvalue weighted by Gasteiger charge is -2.30. The van der Waals surface area contributed by atoms with Gasteiger partial charge in [0.2, 0.25) is 0 Å². The number of hydrogen-bond donors (Lipinski definition) is 0. The lowest BCUT2D eigenvalue weighted by molar-refractivity contribution is 1.11. The van der Waals surface area contributed by atoms with E-state index in [1.807, 2.05) is 0 Å². The summed E-state index contributed by atoms with van der Waals surface area (Å²) in [6.45, 7) is 9.50. The molecule has 10 heavy (non-hydrogen) atoms. The fourth-order valence-corrected chi connectivity index (χ4v) is 5.20. The quantitative estimate of drug-likeness (QED) is 0.549. The summed E-state index contributed by atoms with van der Waals surface area (Å²) in [5.74, 6) is 0. The van der Waals surface area contributed by atoms with Crippen LogP contribution >= 0.6 is 0 Å². The summed E-state index contributed by atoms with van der Waals surface area (Å²) in [5.41, 5.74) is 0. The van der Waals surface area contributed by atoms with E-state index in [1.54, 1.807) is 0 Å². The molecule has 0 aromatic rings. The molecule has 0 aromatic carbocycles. The van der Waals surface area contributed by atoms with Crippen molar-refractivity contribution in [3.05, 3.63) is 0 Å². The third-order valence-electron chi connectivity index (χ3n) is 3.46. The molecule has 0 saturated carbocycles. The van der Waals surface area contributed by atoms with Crippen molar-refractivity contribution in [2.45, 2.75) is 48.8 Å². The molecule has 0 aliphatic heterocycles. The lowest BCUT2D eigenvalue weighted by Crippen LogP contribution is -2.29. The van der Waals surface area contributed by atoms with Crippen molar-refractivity contribution >= 4 is 21.5 Å². The Bertz CT molecular complexity index is 52.1. The molecule has 0 N–H and O–H groups in total. The highest BCUT2D eigenvalue weighted by molar-refractivity contribution is 6.79. The van der Waals surface area contributed by atoms with E-state index in [2.05, 4.69) is 27.7 Å². The van der Waals surface area contributed by atoms with Gasteiger partial charge in [-0.15, -0.1) is 27.7 Å². The van der Waals surface area contributed by atoms with E-state index in [-0.39, 0.29) is 8.41 Å². The van der Waals surface area contributed by atoms with E-state index in [0.29, 0.717) is 0 Å². The monoisotopic (exact) mass is 157 g/mol. The van der Waals surface area contributed by atoms with E-state index in [1.165, 1.54) is 21.1 Å². The Morgan fingerprint density at radius 3 is 0.900 bits per heavy atom. The van der Waals surface area contributed by atoms with Crippen LogP contribution in [0.2, 0.25) is 21.1 Å². The van der Waals surface area contributed by atoms with Crippen molar-refractivity contribution in [1.82, 2.24) is 0 Å². The van der Waals surface area contributed by atoms with Crippen LogP contribution < -0.4 is 0 Å². The first kappa shape index (κ1) is 13.2. The molecular weight excluding hydrogens is 134 g/mol. The summed E-state index contributed by atoms with van der Waals surface area (Å²) in [7, 11) is 0. The standard InChI is InChI=1S/4C2H5.Al.BH3/c4*1-2;;/h4*1H2,2H3;;1H3/q;;;;-1;. The maximum atomic E-state index is 2.38. The second-order valence-electron chi connectivity index (χ2n) is 3.37. The van der Waals surface area contributed by atoms with E-state index in [9.17, 15) is 0 Å². The summed E-state index contributed by atoms with van der Waals surface area (Å²) >= 11 is -0.963. The summed E-state index contributed by atoms with van der Waals surface area (Å²) in [4.78, 5) is 0. The molecule has 0 unspecified atom stereocenters. The van der Waals surface area contributed by atoms with Crippen LogP contribution in [0.15, 0.2) is 0 Å². The average Bonchev–Trinajstić information content (AvgIpc) is 1.95. The van der Waals surface area contributed by atoms with Crippen LogP contribution in [0, 0.1) is 0 Å². The molecule has 0 amide bonds. The van der Waals surface area contributed by atoms with Gasteiger partial charge in [0.15, 0.2) is 0 Å². The second-order valence-corrected chi connectivity index (χ2v) is 10.1. The zero-order valence-corrected chi connectivity index (χ0v) is 8.56. The highest BCUT2D eigenvalue weighted by atomic mass is 27.2. The van der Waals surface area contributed by atoms with E-state index >= 15 is 0 Å². The minimum absolute atomic E-state index is 0. The zero-order valence-electron chi connectivity index (χ0n) is 7.41. The molecule has 0 fully saturated rings. The van der Waals surface area contributed by atoms with Crippen molar-refractivity contribution in [2.24, 2.45) is 0 Å². The van der Waals surface area contributed by atoms with Crippen molar-refractivity contribution in [3.8, 4) is 0 Å². The minimum Gasteiger partial charge on any atom is -0.194 e. The van der Waals surface area contributed by atoms with Gasteiger partial charge in [0.1, 0.15) is 13.1 Å². The number of hydrogen-bond acceptors (Lipinski definition) is 0. The molecule has 62 valence electrons. The molecule has 0 spiro atoms. The first-order valence-electron chi connectivity index (χ1n) is 4.46. The minimum atomic E-state index is -0.963. The molecule has 0 bridgehead atoms. The van der Waals surface area contributed by atoms with Gasteiger partial charge in [0.25, 0.3) is 0 Å². The summed E-state index contributed by atoms with van der Waals surface area (Å²) < 4.78 is 0. The fraction of sp³-hybridized carbons (Fsp3) is 1.00. The first-order chi connectivity index (χ1) is 4.24. The Hall–Kier alpha value is 0.597. The predicted molar refractivity (Wildman–Crippen MR) is 57.6 cm³/mol.